The summed E-state index contributed by atoms with van der Waals surface area (Å²) in [7, 11) is -4.45. The van der Waals surface area contributed by atoms with Crippen LogP contribution in [0, 0.1) is 52.3 Å². The normalized spacial score (nSPS) is 42.2. The molecule has 5 rings (SSSR count). The molecule has 0 aromatic rings. The summed E-state index contributed by atoms with van der Waals surface area (Å²) < 4.78 is 37.1. The van der Waals surface area contributed by atoms with E-state index in [0.29, 0.717) is 53.4 Å². The van der Waals surface area contributed by atoms with Crippen LogP contribution in [0.25, 0.3) is 0 Å². The Hall–Kier alpha value is -0.250. The van der Waals surface area contributed by atoms with Crippen molar-refractivity contribution in [2.45, 2.75) is 136 Å². The van der Waals surface area contributed by atoms with E-state index in [9.17, 15) is 18.1 Å². The van der Waals surface area contributed by atoms with Crippen LogP contribution in [0.2, 0.25) is 0 Å². The number of hydrogen-bond donors (Lipinski definition) is 3. The van der Waals surface area contributed by atoms with E-state index in [1.807, 2.05) is 13.8 Å². The van der Waals surface area contributed by atoms with Crippen LogP contribution in [0.3, 0.4) is 0 Å². The van der Waals surface area contributed by atoms with E-state index >= 15 is 0 Å². The molecular weight excluding hydrogens is 548 g/mol. The molecule has 0 radical (unpaired) electrons. The Labute approximate surface area is 257 Å². The molecule has 8 heteroatoms. The van der Waals surface area contributed by atoms with Crippen LogP contribution in [-0.2, 0) is 14.6 Å². The minimum absolute atomic E-state index is 0.0211. The van der Waals surface area contributed by atoms with Crippen molar-refractivity contribution in [2.75, 3.05) is 26.2 Å². The molecule has 0 amide bonds. The molecule has 0 bridgehead atoms. The standard InChI is InChI=1S/C34H62N2O5S/c1-23(2)31(41-42(38,39)40)12-9-24(3)27-10-11-28-32-29(14-16-34(27,28)5)33(4)15-13-26(21-25(33)22-30(32)37)35-17-8-20-36-18-6-7-19-36/h23-32,35,37H,6-22H2,1-5H3,(H,38,39,40)/t24-,25+,26+,27-,28?,29?,30+,31-,32?,33+,34-/m1/s1. The Balaban J connectivity index is 1.18. The summed E-state index contributed by atoms with van der Waals surface area (Å²) in [6, 6.07) is 0.607. The third kappa shape index (κ3) is 6.94. The second kappa shape index (κ2) is 13.2. The van der Waals surface area contributed by atoms with Gasteiger partial charge in [-0.05, 0) is 162 Å². The predicted octanol–water partition coefficient (Wildman–Crippen LogP) is 6.32. The molecule has 3 N–H and O–H groups in total. The summed E-state index contributed by atoms with van der Waals surface area (Å²) in [6.07, 6.45) is 14.5. The number of nitrogens with zero attached hydrogens (tertiary/aromatic N) is 1. The van der Waals surface area contributed by atoms with Gasteiger partial charge in [0.2, 0.25) is 0 Å². The predicted molar refractivity (Wildman–Crippen MR) is 168 cm³/mol. The maximum absolute atomic E-state index is 11.8. The van der Waals surface area contributed by atoms with Crippen LogP contribution in [0.15, 0.2) is 0 Å². The van der Waals surface area contributed by atoms with Crippen LogP contribution in [0.1, 0.15) is 118 Å². The third-order valence-corrected chi connectivity index (χ3v) is 14.1. The lowest BCUT2D eigenvalue weighted by Gasteiger charge is -2.62. The van der Waals surface area contributed by atoms with Gasteiger partial charge in [0.15, 0.2) is 0 Å². The molecule has 5 aliphatic rings. The molecule has 11 atom stereocenters. The fourth-order valence-corrected chi connectivity index (χ4v) is 11.9. The number of rotatable bonds is 12. The summed E-state index contributed by atoms with van der Waals surface area (Å²) in [5.74, 6) is 3.30. The first-order valence-corrected chi connectivity index (χ1v) is 19.0. The number of aliphatic hydroxyl groups excluding tert-OH is 1. The molecule has 4 aliphatic carbocycles. The molecule has 244 valence electrons. The first-order chi connectivity index (χ1) is 19.8. The first-order valence-electron chi connectivity index (χ1n) is 17.6. The Morgan fingerprint density at radius 2 is 1.64 bits per heavy atom. The third-order valence-electron chi connectivity index (χ3n) is 13.6. The Morgan fingerprint density at radius 1 is 0.952 bits per heavy atom. The average Bonchev–Trinajstić information content (AvgIpc) is 3.56. The summed E-state index contributed by atoms with van der Waals surface area (Å²) in [5, 5.41) is 15.7. The van der Waals surface area contributed by atoms with E-state index in [1.165, 1.54) is 83.8 Å². The highest BCUT2D eigenvalue weighted by atomic mass is 32.3. The number of hydrogen-bond acceptors (Lipinski definition) is 6. The zero-order valence-corrected chi connectivity index (χ0v) is 28.1. The van der Waals surface area contributed by atoms with E-state index in [2.05, 4.69) is 31.0 Å². The fraction of sp³-hybridized carbons (Fsp3) is 1.00. The fourth-order valence-electron chi connectivity index (χ4n) is 11.3. The van der Waals surface area contributed by atoms with Crippen molar-refractivity contribution < 1.29 is 22.3 Å². The topological polar surface area (TPSA) is 99.1 Å². The van der Waals surface area contributed by atoms with Gasteiger partial charge in [-0.2, -0.15) is 8.42 Å². The van der Waals surface area contributed by atoms with Gasteiger partial charge in [0, 0.05) is 6.04 Å². The second-order valence-corrected chi connectivity index (χ2v) is 17.3. The maximum Gasteiger partial charge on any atom is 0.397 e. The van der Waals surface area contributed by atoms with E-state index in [1.54, 1.807) is 0 Å². The van der Waals surface area contributed by atoms with Gasteiger partial charge in [0.05, 0.1) is 12.2 Å². The Bertz CT molecular complexity index is 1000. The van der Waals surface area contributed by atoms with E-state index in [4.69, 9.17) is 4.18 Å². The molecular formula is C34H62N2O5S. The average molecular weight is 611 g/mol. The van der Waals surface area contributed by atoms with Crippen LogP contribution in [0.4, 0.5) is 0 Å². The monoisotopic (exact) mass is 610 g/mol. The minimum atomic E-state index is -4.45. The van der Waals surface area contributed by atoms with Crippen LogP contribution < -0.4 is 5.32 Å². The van der Waals surface area contributed by atoms with Gasteiger partial charge in [-0.1, -0.05) is 34.6 Å². The lowest BCUT2D eigenvalue weighted by molar-refractivity contribution is -0.167. The minimum Gasteiger partial charge on any atom is -0.393 e. The molecule has 0 spiro atoms. The molecule has 1 saturated heterocycles. The van der Waals surface area contributed by atoms with Crippen LogP contribution >= 0.6 is 0 Å². The molecule has 3 unspecified atom stereocenters. The number of nitrogens with one attached hydrogen (secondary N) is 1. The SMILES string of the molecule is CC(C)[C@@H](CC[C@@H](C)[C@H]1CCC2C3C(CC[C@@]21C)[C@@]1(C)CC[C@H](NCCCN2CCCC2)C[C@H]1C[C@@H]3O)OS(=O)(=O)O. The largest absolute Gasteiger partial charge is 0.397 e. The quantitative estimate of drug-likeness (QED) is 0.176. The van der Waals surface area contributed by atoms with Crippen molar-refractivity contribution in [1.29, 1.82) is 0 Å². The van der Waals surface area contributed by atoms with E-state index < -0.39 is 16.5 Å². The maximum atomic E-state index is 11.8. The molecule has 1 aliphatic heterocycles. The number of aliphatic hydroxyl groups is 1. The smallest absolute Gasteiger partial charge is 0.393 e. The van der Waals surface area contributed by atoms with Crippen molar-refractivity contribution in [3.8, 4) is 0 Å². The van der Waals surface area contributed by atoms with Crippen molar-refractivity contribution in [2.24, 2.45) is 52.3 Å². The van der Waals surface area contributed by atoms with Crippen molar-refractivity contribution >= 4 is 10.4 Å². The summed E-state index contributed by atoms with van der Waals surface area (Å²) in [5.41, 5.74) is 0.580. The second-order valence-electron chi connectivity index (χ2n) is 16.2. The van der Waals surface area contributed by atoms with E-state index in [0.717, 1.165) is 19.4 Å². The number of fused-ring (bicyclic) bond motifs is 5. The molecule has 5 fully saturated rings. The highest BCUT2D eigenvalue weighted by Gasteiger charge is 2.62. The van der Waals surface area contributed by atoms with Crippen molar-refractivity contribution in [3.05, 3.63) is 0 Å². The summed E-state index contributed by atoms with van der Waals surface area (Å²) in [4.78, 5) is 2.61. The van der Waals surface area contributed by atoms with Crippen LogP contribution in [0.5, 0.6) is 0 Å². The van der Waals surface area contributed by atoms with Gasteiger partial charge >= 0.3 is 10.4 Å². The zero-order chi connectivity index (χ0) is 30.3. The van der Waals surface area contributed by atoms with Gasteiger partial charge < -0.3 is 15.3 Å². The molecule has 7 nitrogen and oxygen atoms in total. The Kier molecular flexibility index (Phi) is 10.4. The van der Waals surface area contributed by atoms with Crippen molar-refractivity contribution in [3.63, 3.8) is 0 Å². The molecule has 0 aromatic carbocycles. The molecule has 42 heavy (non-hydrogen) atoms. The lowest BCUT2D eigenvalue weighted by Crippen LogP contribution is -2.59. The van der Waals surface area contributed by atoms with Gasteiger partial charge in [-0.3, -0.25) is 4.55 Å². The zero-order valence-electron chi connectivity index (χ0n) is 27.3. The lowest BCUT2D eigenvalue weighted by atomic mass is 9.43. The molecule has 4 saturated carbocycles. The molecule has 1 heterocycles. The molecule has 0 aromatic heterocycles. The summed E-state index contributed by atoms with van der Waals surface area (Å²) in [6.45, 7) is 16.3. The van der Waals surface area contributed by atoms with Gasteiger partial charge in [0.1, 0.15) is 0 Å². The summed E-state index contributed by atoms with van der Waals surface area (Å²) >= 11 is 0. The van der Waals surface area contributed by atoms with E-state index in [-0.39, 0.29) is 17.4 Å². The van der Waals surface area contributed by atoms with Gasteiger partial charge in [-0.15, -0.1) is 0 Å². The van der Waals surface area contributed by atoms with Crippen LogP contribution in [-0.4, -0.2) is 67.4 Å². The highest BCUT2D eigenvalue weighted by Crippen LogP contribution is 2.68. The highest BCUT2D eigenvalue weighted by molar-refractivity contribution is 7.80. The number of likely N-dealkylation sites (tertiary alicyclic amines) is 1. The Morgan fingerprint density at radius 3 is 2.33 bits per heavy atom. The first kappa shape index (κ1) is 33.1. The van der Waals surface area contributed by atoms with Crippen molar-refractivity contribution in [1.82, 2.24) is 10.2 Å². The van der Waals surface area contributed by atoms with Gasteiger partial charge in [-0.25, -0.2) is 4.18 Å². The van der Waals surface area contributed by atoms with Gasteiger partial charge in [0.25, 0.3) is 0 Å².